The van der Waals surface area contributed by atoms with Gasteiger partial charge in [0.1, 0.15) is 18.4 Å². The summed E-state index contributed by atoms with van der Waals surface area (Å²) in [6.07, 6.45) is 6.11. The molecular weight excluding hydrogens is 406 g/mol. The Morgan fingerprint density at radius 2 is 1.81 bits per heavy atom. The summed E-state index contributed by atoms with van der Waals surface area (Å²) in [5, 5.41) is 24.9. The molecule has 0 radical (unpaired) electrons. The van der Waals surface area contributed by atoms with Gasteiger partial charge in [-0.15, -0.1) is 5.10 Å². The predicted molar refractivity (Wildman–Crippen MR) is 119 cm³/mol. The van der Waals surface area contributed by atoms with E-state index in [4.69, 9.17) is 4.74 Å². The second-order valence-corrected chi connectivity index (χ2v) is 8.23. The molecule has 3 aromatic rings. The van der Waals surface area contributed by atoms with Crippen molar-refractivity contribution in [2.45, 2.75) is 63.8 Å². The average Bonchev–Trinajstić information content (AvgIpc) is 3.31. The molecule has 32 heavy (non-hydrogen) atoms. The van der Waals surface area contributed by atoms with Crippen LogP contribution in [0.25, 0.3) is 0 Å². The van der Waals surface area contributed by atoms with Gasteiger partial charge < -0.3 is 9.84 Å². The molecule has 1 aromatic heterocycles. The molecule has 0 amide bonds. The zero-order chi connectivity index (χ0) is 22.2. The van der Waals surface area contributed by atoms with Crippen LogP contribution in [0.4, 0.5) is 0 Å². The normalized spacial score (nSPS) is 15.4. The average molecular weight is 436 g/mol. The minimum Gasteiger partial charge on any atom is -0.489 e. The van der Waals surface area contributed by atoms with E-state index in [1.807, 2.05) is 59.3 Å². The van der Waals surface area contributed by atoms with E-state index in [9.17, 15) is 9.90 Å². The maximum atomic E-state index is 11.8. The van der Waals surface area contributed by atoms with Gasteiger partial charge in [-0.25, -0.2) is 4.68 Å². The fourth-order valence-corrected chi connectivity index (χ4v) is 4.10. The number of carboxylic acid groups (broad SMARTS) is 1. The molecule has 1 heterocycles. The summed E-state index contributed by atoms with van der Waals surface area (Å²) in [6.45, 7) is 0.813. The van der Waals surface area contributed by atoms with Gasteiger partial charge in [-0.05, 0) is 52.9 Å². The lowest BCUT2D eigenvalue weighted by Crippen LogP contribution is -2.39. The first kappa shape index (κ1) is 22.0. The van der Waals surface area contributed by atoms with Gasteiger partial charge in [-0.1, -0.05) is 61.7 Å². The predicted octanol–water partition coefficient (Wildman–Crippen LogP) is 3.54. The summed E-state index contributed by atoms with van der Waals surface area (Å²) in [5.41, 5.74) is 2.02. The third-order valence-corrected chi connectivity index (χ3v) is 5.90. The summed E-state index contributed by atoms with van der Waals surface area (Å²) >= 11 is 0. The van der Waals surface area contributed by atoms with Crippen LogP contribution in [0, 0.1) is 0 Å². The molecule has 8 heteroatoms. The fraction of sp³-hybridized carbons (Fsp3) is 0.417. The second-order valence-electron chi connectivity index (χ2n) is 8.23. The first-order valence-corrected chi connectivity index (χ1v) is 11.2. The highest BCUT2D eigenvalue weighted by atomic mass is 16.5. The number of tetrazole rings is 1. The van der Waals surface area contributed by atoms with Crippen LogP contribution < -0.4 is 10.1 Å². The molecule has 2 aromatic carbocycles. The summed E-state index contributed by atoms with van der Waals surface area (Å²) in [5.74, 6) is 0.544. The van der Waals surface area contributed by atoms with Crippen molar-refractivity contribution in [3.05, 3.63) is 71.5 Å². The van der Waals surface area contributed by atoms with Crippen molar-refractivity contribution in [3.63, 3.8) is 0 Å². The number of aromatic nitrogens is 4. The number of ether oxygens (including phenoxy) is 1. The molecule has 0 aliphatic heterocycles. The van der Waals surface area contributed by atoms with Crippen LogP contribution in [-0.2, 0) is 24.4 Å². The van der Waals surface area contributed by atoms with Crippen molar-refractivity contribution >= 4 is 5.97 Å². The summed E-state index contributed by atoms with van der Waals surface area (Å²) in [7, 11) is 0. The van der Waals surface area contributed by atoms with E-state index in [0.717, 1.165) is 29.7 Å². The number of carbonyl (C=O) groups is 1. The number of aliphatic carboxylic acids is 1. The van der Waals surface area contributed by atoms with Crippen LogP contribution in [0.1, 0.15) is 55.1 Å². The third kappa shape index (κ3) is 5.91. The second kappa shape index (κ2) is 10.9. The number of nitrogens with one attached hydrogen (secondary N) is 1. The molecule has 4 rings (SSSR count). The van der Waals surface area contributed by atoms with Crippen LogP contribution >= 0.6 is 0 Å². The molecule has 1 fully saturated rings. The zero-order valence-corrected chi connectivity index (χ0v) is 18.1. The van der Waals surface area contributed by atoms with Gasteiger partial charge in [0.2, 0.25) is 0 Å². The minimum absolute atomic E-state index is 0.308. The fourth-order valence-electron chi connectivity index (χ4n) is 4.10. The van der Waals surface area contributed by atoms with Crippen molar-refractivity contribution in [1.29, 1.82) is 0 Å². The van der Waals surface area contributed by atoms with Crippen LogP contribution in [0.15, 0.2) is 54.6 Å². The molecule has 1 saturated carbocycles. The highest BCUT2D eigenvalue weighted by Gasteiger charge is 2.22. The lowest BCUT2D eigenvalue weighted by Gasteiger charge is -2.22. The summed E-state index contributed by atoms with van der Waals surface area (Å²) < 4.78 is 7.67. The lowest BCUT2D eigenvalue weighted by molar-refractivity contribution is -0.139. The SMILES string of the molecule is O=C(O)[C@H](Cc1ccc(OCc2ccccc2)cc1)NCc1nnnn1C1CCCCC1. The Bertz CT molecular complexity index is 984. The molecule has 8 nitrogen and oxygen atoms in total. The van der Waals surface area contributed by atoms with Gasteiger partial charge in [0.05, 0.1) is 12.6 Å². The van der Waals surface area contributed by atoms with E-state index in [0.29, 0.717) is 31.4 Å². The number of rotatable bonds is 10. The van der Waals surface area contributed by atoms with Gasteiger partial charge >= 0.3 is 5.97 Å². The van der Waals surface area contributed by atoms with Crippen molar-refractivity contribution in [2.24, 2.45) is 0 Å². The maximum absolute atomic E-state index is 11.8. The van der Waals surface area contributed by atoms with Gasteiger partial charge in [-0.2, -0.15) is 0 Å². The standard InChI is InChI=1S/C24H29N5O3/c30-24(31)22(25-16-23-26-27-28-29(23)20-9-5-2-6-10-20)15-18-11-13-21(14-12-18)32-17-19-7-3-1-4-8-19/h1,3-4,7-8,11-14,20,22,25H,2,5-6,9-10,15-17H2,(H,30,31)/t22-/m0/s1. The number of hydrogen-bond donors (Lipinski definition) is 2. The van der Waals surface area contributed by atoms with Crippen LogP contribution in [-0.4, -0.2) is 37.3 Å². The van der Waals surface area contributed by atoms with Crippen molar-refractivity contribution in [2.75, 3.05) is 0 Å². The first-order chi connectivity index (χ1) is 15.7. The Balaban J connectivity index is 1.32. The van der Waals surface area contributed by atoms with E-state index in [-0.39, 0.29) is 0 Å². The van der Waals surface area contributed by atoms with Crippen molar-refractivity contribution in [3.8, 4) is 5.75 Å². The molecule has 1 aliphatic carbocycles. The highest BCUT2D eigenvalue weighted by molar-refractivity contribution is 5.73. The molecule has 0 saturated heterocycles. The van der Waals surface area contributed by atoms with Gasteiger partial charge in [0, 0.05) is 0 Å². The first-order valence-electron chi connectivity index (χ1n) is 11.2. The van der Waals surface area contributed by atoms with Crippen molar-refractivity contribution in [1.82, 2.24) is 25.5 Å². The number of carboxylic acids is 1. The largest absolute Gasteiger partial charge is 0.489 e. The molecule has 1 atom stereocenters. The quantitative estimate of drug-likeness (QED) is 0.502. The topological polar surface area (TPSA) is 102 Å². The molecule has 1 aliphatic rings. The maximum Gasteiger partial charge on any atom is 0.321 e. The Morgan fingerprint density at radius 1 is 1.06 bits per heavy atom. The minimum atomic E-state index is -0.897. The van der Waals surface area contributed by atoms with E-state index in [2.05, 4.69) is 20.8 Å². The van der Waals surface area contributed by atoms with E-state index < -0.39 is 12.0 Å². The van der Waals surface area contributed by atoms with Crippen LogP contribution in [0.3, 0.4) is 0 Å². The smallest absolute Gasteiger partial charge is 0.321 e. The lowest BCUT2D eigenvalue weighted by atomic mass is 9.95. The Hall–Kier alpha value is -3.26. The molecule has 2 N–H and O–H groups in total. The number of nitrogens with zero attached hydrogens (tertiary/aromatic N) is 4. The summed E-state index contributed by atoms with van der Waals surface area (Å²) in [4.78, 5) is 11.8. The van der Waals surface area contributed by atoms with Gasteiger partial charge in [0.25, 0.3) is 0 Å². The molecule has 0 spiro atoms. The van der Waals surface area contributed by atoms with Gasteiger partial charge in [-0.3, -0.25) is 10.1 Å². The van der Waals surface area contributed by atoms with Crippen molar-refractivity contribution < 1.29 is 14.6 Å². The number of hydrogen-bond acceptors (Lipinski definition) is 6. The number of benzene rings is 2. The zero-order valence-electron chi connectivity index (χ0n) is 18.1. The molecular formula is C24H29N5O3. The monoisotopic (exact) mass is 435 g/mol. The van der Waals surface area contributed by atoms with Crippen LogP contribution in [0.2, 0.25) is 0 Å². The van der Waals surface area contributed by atoms with E-state index in [1.54, 1.807) is 0 Å². The Labute approximate surface area is 187 Å². The molecule has 168 valence electrons. The van der Waals surface area contributed by atoms with Gasteiger partial charge in [0.15, 0.2) is 5.82 Å². The molecule has 0 unspecified atom stereocenters. The Morgan fingerprint density at radius 3 is 2.53 bits per heavy atom. The summed E-state index contributed by atoms with van der Waals surface area (Å²) in [6, 6.07) is 17.1. The van der Waals surface area contributed by atoms with E-state index in [1.165, 1.54) is 19.3 Å². The molecule has 0 bridgehead atoms. The van der Waals surface area contributed by atoms with Crippen LogP contribution in [0.5, 0.6) is 5.75 Å². The third-order valence-electron chi connectivity index (χ3n) is 5.90. The van der Waals surface area contributed by atoms with E-state index >= 15 is 0 Å². The highest BCUT2D eigenvalue weighted by Crippen LogP contribution is 2.27. The Kier molecular flexibility index (Phi) is 7.45.